The van der Waals surface area contributed by atoms with E-state index in [1.165, 1.54) is 0 Å². The quantitative estimate of drug-likeness (QED) is 0.627. The Kier molecular flexibility index (Phi) is 4.77. The van der Waals surface area contributed by atoms with Crippen molar-refractivity contribution >= 4 is 12.2 Å². The van der Waals surface area contributed by atoms with Crippen molar-refractivity contribution in [1.29, 1.82) is 0 Å². The van der Waals surface area contributed by atoms with Crippen molar-refractivity contribution in [3.63, 3.8) is 0 Å². The summed E-state index contributed by atoms with van der Waals surface area (Å²) in [6.45, 7) is 1.54. The van der Waals surface area contributed by atoms with Crippen LogP contribution in [0.2, 0.25) is 0 Å². The van der Waals surface area contributed by atoms with Gasteiger partial charge in [-0.2, -0.15) is 0 Å². The maximum absolute atomic E-state index is 11.7. The second-order valence-corrected chi connectivity index (χ2v) is 3.48. The Bertz CT molecular complexity index is 367. The highest BCUT2D eigenvalue weighted by Crippen LogP contribution is 1.98. The van der Waals surface area contributed by atoms with Crippen LogP contribution in [0.3, 0.4) is 0 Å². The monoisotopic (exact) mass is 234 g/mol. The Morgan fingerprint density at radius 2 is 2.33 bits per heavy atom. The molecule has 0 saturated carbocycles. The van der Waals surface area contributed by atoms with E-state index in [0.29, 0.717) is 16.9 Å². The van der Waals surface area contributed by atoms with Crippen molar-refractivity contribution in [1.82, 2.24) is 9.97 Å². The van der Waals surface area contributed by atoms with E-state index in [4.69, 9.17) is 17.0 Å². The van der Waals surface area contributed by atoms with Crippen LogP contribution in [0.5, 0.6) is 0 Å². The number of rotatable bonds is 5. The molecule has 0 aliphatic rings. The fourth-order valence-electron chi connectivity index (χ4n) is 1.10. The van der Waals surface area contributed by atoms with Gasteiger partial charge in [0.15, 0.2) is 0 Å². The predicted octanol–water partition coefficient (Wildman–Crippen LogP) is 2.27. The van der Waals surface area contributed by atoms with Crippen LogP contribution in [0.1, 0.15) is 11.5 Å². The van der Waals surface area contributed by atoms with Gasteiger partial charge in [-0.05, 0) is 13.0 Å². The zero-order chi connectivity index (χ0) is 11.3. The third kappa shape index (κ3) is 4.94. The number of aromatic nitrogens is 2. The van der Waals surface area contributed by atoms with Crippen molar-refractivity contribution in [2.24, 2.45) is 0 Å². The van der Waals surface area contributed by atoms with Crippen LogP contribution < -0.4 is 0 Å². The van der Waals surface area contributed by atoms with E-state index in [0.717, 1.165) is 5.69 Å². The van der Waals surface area contributed by atoms with Crippen molar-refractivity contribution < 1.29 is 13.5 Å². The molecule has 0 bridgehead atoms. The summed E-state index contributed by atoms with van der Waals surface area (Å²) in [6, 6.07) is 1.73. The lowest BCUT2D eigenvalue weighted by Crippen LogP contribution is -2.09. The van der Waals surface area contributed by atoms with Gasteiger partial charge in [0.2, 0.25) is 0 Å². The van der Waals surface area contributed by atoms with Crippen LogP contribution in [0, 0.1) is 11.6 Å². The normalized spacial score (nSPS) is 10.9. The molecule has 1 aromatic rings. The molecule has 0 aliphatic carbocycles. The van der Waals surface area contributed by atoms with Gasteiger partial charge in [-0.15, -0.1) is 0 Å². The minimum atomic E-state index is -2.42. The van der Waals surface area contributed by atoms with Gasteiger partial charge >= 0.3 is 0 Å². The molecule has 0 radical (unpaired) electrons. The molecule has 0 aliphatic heterocycles. The SMILES string of the molecule is Cc1cc(=S)nc(CCOCC(F)F)[nH]1. The fraction of sp³-hybridized carbons (Fsp3) is 0.556. The third-order valence-electron chi connectivity index (χ3n) is 1.65. The second-order valence-electron chi connectivity index (χ2n) is 3.07. The Morgan fingerprint density at radius 1 is 1.60 bits per heavy atom. The summed E-state index contributed by atoms with van der Waals surface area (Å²) in [5, 5.41) is 0. The first-order valence-corrected chi connectivity index (χ1v) is 4.91. The predicted molar refractivity (Wildman–Crippen MR) is 54.7 cm³/mol. The molecule has 3 nitrogen and oxygen atoms in total. The molecule has 0 fully saturated rings. The lowest BCUT2D eigenvalue weighted by Gasteiger charge is -2.04. The molecule has 0 saturated heterocycles. The standard InChI is InChI=1S/C9H12F2N2OS/c1-6-4-9(15)13-8(12-6)2-3-14-5-7(10)11/h4,7H,2-3,5H2,1H3,(H,12,13,15). The zero-order valence-corrected chi connectivity index (χ0v) is 9.11. The number of hydrogen-bond donors (Lipinski definition) is 1. The highest BCUT2D eigenvalue weighted by atomic mass is 32.1. The first kappa shape index (κ1) is 12.2. The molecule has 0 aromatic carbocycles. The average Bonchev–Trinajstić information content (AvgIpc) is 2.10. The third-order valence-corrected chi connectivity index (χ3v) is 1.86. The number of ether oxygens (including phenoxy) is 1. The minimum absolute atomic E-state index is 0.214. The molecule has 15 heavy (non-hydrogen) atoms. The number of aromatic amines is 1. The molecule has 6 heteroatoms. The van der Waals surface area contributed by atoms with Crippen LogP contribution in [-0.2, 0) is 11.2 Å². The highest BCUT2D eigenvalue weighted by Gasteiger charge is 2.02. The van der Waals surface area contributed by atoms with Crippen molar-refractivity contribution in [3.05, 3.63) is 22.2 Å². The topological polar surface area (TPSA) is 37.9 Å². The molecular formula is C9H12F2N2OS. The van der Waals surface area contributed by atoms with E-state index in [2.05, 4.69) is 9.97 Å². The first-order valence-electron chi connectivity index (χ1n) is 4.50. The zero-order valence-electron chi connectivity index (χ0n) is 8.30. The van der Waals surface area contributed by atoms with E-state index in [-0.39, 0.29) is 6.61 Å². The molecule has 1 aromatic heterocycles. The van der Waals surface area contributed by atoms with Gasteiger partial charge in [0, 0.05) is 12.1 Å². The molecule has 0 atom stereocenters. The Morgan fingerprint density at radius 3 is 2.93 bits per heavy atom. The van der Waals surface area contributed by atoms with Gasteiger partial charge in [0.05, 0.1) is 6.61 Å². The number of alkyl halides is 2. The molecule has 0 amide bonds. The molecule has 1 rings (SSSR count). The van der Waals surface area contributed by atoms with Crippen LogP contribution >= 0.6 is 12.2 Å². The summed E-state index contributed by atoms with van der Waals surface area (Å²) in [5.41, 5.74) is 0.902. The molecule has 0 spiro atoms. The summed E-state index contributed by atoms with van der Waals surface area (Å²) in [4.78, 5) is 7.03. The van der Waals surface area contributed by atoms with Crippen LogP contribution in [0.4, 0.5) is 8.78 Å². The van der Waals surface area contributed by atoms with E-state index in [1.807, 2.05) is 6.92 Å². The number of H-pyrrole nitrogens is 1. The van der Waals surface area contributed by atoms with Crippen LogP contribution in [-0.4, -0.2) is 29.6 Å². The van der Waals surface area contributed by atoms with Gasteiger partial charge < -0.3 is 9.72 Å². The van der Waals surface area contributed by atoms with Crippen molar-refractivity contribution in [3.8, 4) is 0 Å². The Hall–Kier alpha value is -0.880. The number of hydrogen-bond acceptors (Lipinski definition) is 3. The van der Waals surface area contributed by atoms with Crippen molar-refractivity contribution in [2.75, 3.05) is 13.2 Å². The summed E-state index contributed by atoms with van der Waals surface area (Å²) < 4.78 is 28.7. The van der Waals surface area contributed by atoms with Crippen LogP contribution in [0.15, 0.2) is 6.07 Å². The van der Waals surface area contributed by atoms with E-state index in [1.54, 1.807) is 6.07 Å². The Labute approximate surface area is 91.5 Å². The van der Waals surface area contributed by atoms with Crippen LogP contribution in [0.25, 0.3) is 0 Å². The second kappa shape index (κ2) is 5.87. The molecule has 0 unspecified atom stereocenters. The van der Waals surface area contributed by atoms with Gasteiger partial charge in [0.25, 0.3) is 6.43 Å². The van der Waals surface area contributed by atoms with E-state index in [9.17, 15) is 8.78 Å². The lowest BCUT2D eigenvalue weighted by atomic mass is 10.4. The number of nitrogens with one attached hydrogen (secondary N) is 1. The number of halogens is 2. The van der Waals surface area contributed by atoms with Crippen molar-refractivity contribution in [2.45, 2.75) is 19.8 Å². The largest absolute Gasteiger partial charge is 0.375 e. The highest BCUT2D eigenvalue weighted by molar-refractivity contribution is 7.71. The van der Waals surface area contributed by atoms with Gasteiger partial charge in [0.1, 0.15) is 17.1 Å². The molecule has 1 N–H and O–H groups in total. The Balaban J connectivity index is 2.40. The maximum Gasteiger partial charge on any atom is 0.261 e. The van der Waals surface area contributed by atoms with Gasteiger partial charge in [-0.3, -0.25) is 0 Å². The first-order chi connectivity index (χ1) is 7.08. The van der Waals surface area contributed by atoms with E-state index >= 15 is 0 Å². The number of aryl methyl sites for hydroxylation is 1. The minimum Gasteiger partial charge on any atom is -0.375 e. The molecule has 84 valence electrons. The van der Waals surface area contributed by atoms with Gasteiger partial charge in [-0.25, -0.2) is 13.8 Å². The maximum atomic E-state index is 11.7. The van der Waals surface area contributed by atoms with Gasteiger partial charge in [-0.1, -0.05) is 12.2 Å². The molecule has 1 heterocycles. The average molecular weight is 234 g/mol. The summed E-state index contributed by atoms with van der Waals surface area (Å²) >= 11 is 4.92. The number of nitrogens with zero attached hydrogens (tertiary/aromatic N) is 1. The summed E-state index contributed by atoms with van der Waals surface area (Å²) in [6.07, 6.45) is -1.97. The fourth-order valence-corrected chi connectivity index (χ4v) is 1.39. The summed E-state index contributed by atoms with van der Waals surface area (Å²) in [5.74, 6) is 0.661. The summed E-state index contributed by atoms with van der Waals surface area (Å²) in [7, 11) is 0. The smallest absolute Gasteiger partial charge is 0.261 e. The molecular weight excluding hydrogens is 222 g/mol. The lowest BCUT2D eigenvalue weighted by molar-refractivity contribution is 0.0182. The van der Waals surface area contributed by atoms with E-state index < -0.39 is 13.0 Å².